The van der Waals surface area contributed by atoms with Crippen LogP contribution in [0.25, 0.3) is 0 Å². The van der Waals surface area contributed by atoms with Gasteiger partial charge in [-0.05, 0) is 24.5 Å². The number of carbonyl (C=O) groups excluding carboxylic acids is 1. The number of rotatable bonds is 2. The molecule has 1 fully saturated rings. The second-order valence-corrected chi connectivity index (χ2v) is 4.74. The lowest BCUT2D eigenvalue weighted by Crippen LogP contribution is -2.26. The highest BCUT2D eigenvalue weighted by Gasteiger charge is 2.31. The summed E-state index contributed by atoms with van der Waals surface area (Å²) in [6, 6.07) is 1.88. The average Bonchev–Trinajstić information content (AvgIpc) is 2.60. The molecule has 2 N–H and O–H groups in total. The Bertz CT molecular complexity index is 401. The van der Waals surface area contributed by atoms with E-state index in [1.807, 2.05) is 13.0 Å². The molecule has 0 saturated carbocycles. The molecule has 1 atom stereocenters. The van der Waals surface area contributed by atoms with E-state index in [1.54, 1.807) is 11.1 Å². The van der Waals surface area contributed by atoms with Gasteiger partial charge in [0.15, 0.2) is 0 Å². The molecular formula is C11H14BrN3O. The number of amides is 1. The molecule has 1 aromatic rings. The van der Waals surface area contributed by atoms with E-state index in [0.717, 1.165) is 23.1 Å². The number of hydrogen-bond acceptors (Lipinski definition) is 3. The minimum Gasteiger partial charge on any atom is -0.382 e. The van der Waals surface area contributed by atoms with Crippen LogP contribution in [0, 0.1) is 12.8 Å². The van der Waals surface area contributed by atoms with Crippen LogP contribution in [0.3, 0.4) is 0 Å². The Kier molecular flexibility index (Phi) is 3.14. The highest BCUT2D eigenvalue weighted by molar-refractivity contribution is 9.09. The Labute approximate surface area is 103 Å². The monoisotopic (exact) mass is 283 g/mol. The summed E-state index contributed by atoms with van der Waals surface area (Å²) in [5.41, 5.74) is 7.60. The molecule has 1 unspecified atom stereocenters. The van der Waals surface area contributed by atoms with Crippen molar-refractivity contribution < 1.29 is 4.79 Å². The van der Waals surface area contributed by atoms with Crippen molar-refractivity contribution >= 4 is 33.3 Å². The molecule has 4 nitrogen and oxygen atoms in total. The highest BCUT2D eigenvalue weighted by Crippen LogP contribution is 2.31. The molecule has 0 spiro atoms. The standard InChI is InChI=1S/C11H14BrN3O/c1-7-2-3-14-11(13)10(7)15-6-8(5-12)4-9(15)16/h2-3,8H,4-6H2,1H3,(H2,13,14). The summed E-state index contributed by atoms with van der Waals surface area (Å²) in [5.74, 6) is 0.933. The molecule has 1 aromatic heterocycles. The van der Waals surface area contributed by atoms with E-state index < -0.39 is 0 Å². The first-order valence-electron chi connectivity index (χ1n) is 5.21. The lowest BCUT2D eigenvalue weighted by Gasteiger charge is -2.20. The van der Waals surface area contributed by atoms with E-state index in [2.05, 4.69) is 20.9 Å². The maximum atomic E-state index is 11.9. The van der Waals surface area contributed by atoms with Crippen LogP contribution in [0.1, 0.15) is 12.0 Å². The second-order valence-electron chi connectivity index (χ2n) is 4.09. The third kappa shape index (κ3) is 1.91. The Hall–Kier alpha value is -1.10. The zero-order chi connectivity index (χ0) is 11.7. The molecule has 0 aromatic carbocycles. The van der Waals surface area contributed by atoms with Gasteiger partial charge in [-0.25, -0.2) is 4.98 Å². The van der Waals surface area contributed by atoms with Crippen molar-refractivity contribution in [1.82, 2.24) is 4.98 Å². The molecule has 0 bridgehead atoms. The lowest BCUT2D eigenvalue weighted by molar-refractivity contribution is -0.117. The van der Waals surface area contributed by atoms with Gasteiger partial charge in [0.05, 0.1) is 5.69 Å². The molecule has 2 heterocycles. The number of pyridine rings is 1. The van der Waals surface area contributed by atoms with Crippen molar-refractivity contribution in [2.75, 3.05) is 22.5 Å². The molecule has 1 saturated heterocycles. The summed E-state index contributed by atoms with van der Waals surface area (Å²) in [6.07, 6.45) is 2.25. The quantitative estimate of drug-likeness (QED) is 0.841. The van der Waals surface area contributed by atoms with Gasteiger partial charge in [0.25, 0.3) is 0 Å². The molecule has 86 valence electrons. The first-order valence-corrected chi connectivity index (χ1v) is 6.33. The van der Waals surface area contributed by atoms with E-state index in [-0.39, 0.29) is 5.91 Å². The second kappa shape index (κ2) is 4.41. The number of anilines is 2. The van der Waals surface area contributed by atoms with Gasteiger partial charge in [0.2, 0.25) is 5.91 Å². The van der Waals surface area contributed by atoms with E-state index in [4.69, 9.17) is 5.73 Å². The highest BCUT2D eigenvalue weighted by atomic mass is 79.9. The Morgan fingerprint density at radius 3 is 3.00 bits per heavy atom. The zero-order valence-corrected chi connectivity index (χ0v) is 10.7. The van der Waals surface area contributed by atoms with Crippen molar-refractivity contribution in [2.24, 2.45) is 5.92 Å². The lowest BCUT2D eigenvalue weighted by atomic mass is 10.1. The average molecular weight is 284 g/mol. The molecule has 16 heavy (non-hydrogen) atoms. The number of nitrogen functional groups attached to an aromatic ring is 1. The molecule has 1 aliphatic rings. The third-order valence-corrected chi connectivity index (χ3v) is 3.76. The largest absolute Gasteiger partial charge is 0.382 e. The van der Waals surface area contributed by atoms with Crippen LogP contribution in [-0.4, -0.2) is 22.8 Å². The minimum absolute atomic E-state index is 0.132. The number of alkyl halides is 1. The van der Waals surface area contributed by atoms with E-state index in [9.17, 15) is 4.79 Å². The Morgan fingerprint density at radius 2 is 2.44 bits per heavy atom. The summed E-state index contributed by atoms with van der Waals surface area (Å²) in [4.78, 5) is 17.7. The topological polar surface area (TPSA) is 59.2 Å². The van der Waals surface area contributed by atoms with Crippen molar-refractivity contribution in [3.8, 4) is 0 Å². The van der Waals surface area contributed by atoms with Gasteiger partial charge in [0.1, 0.15) is 5.82 Å². The van der Waals surface area contributed by atoms with Crippen LogP contribution >= 0.6 is 15.9 Å². The summed E-state index contributed by atoms with van der Waals surface area (Å²) in [6.45, 7) is 2.67. The first-order chi connectivity index (χ1) is 7.63. The molecule has 0 aliphatic carbocycles. The van der Waals surface area contributed by atoms with Gasteiger partial charge < -0.3 is 10.6 Å². The fourth-order valence-corrected chi connectivity index (χ4v) is 2.46. The van der Waals surface area contributed by atoms with Crippen molar-refractivity contribution in [2.45, 2.75) is 13.3 Å². The fraction of sp³-hybridized carbons (Fsp3) is 0.455. The van der Waals surface area contributed by atoms with E-state index in [0.29, 0.717) is 18.2 Å². The minimum atomic E-state index is 0.132. The van der Waals surface area contributed by atoms with Gasteiger partial charge in [-0.2, -0.15) is 0 Å². The van der Waals surface area contributed by atoms with Crippen molar-refractivity contribution in [3.63, 3.8) is 0 Å². The molecule has 1 aliphatic heterocycles. The number of halogens is 1. The van der Waals surface area contributed by atoms with Crippen LogP contribution < -0.4 is 10.6 Å². The van der Waals surface area contributed by atoms with E-state index >= 15 is 0 Å². The van der Waals surface area contributed by atoms with Crippen LogP contribution in [0.4, 0.5) is 11.5 Å². The van der Waals surface area contributed by atoms with Crippen molar-refractivity contribution in [3.05, 3.63) is 17.8 Å². The molecule has 0 radical (unpaired) electrons. The number of hydrogen-bond donors (Lipinski definition) is 1. The van der Waals surface area contributed by atoms with Crippen LogP contribution in [0.15, 0.2) is 12.3 Å². The number of nitrogens with two attached hydrogens (primary N) is 1. The number of nitrogens with zero attached hydrogens (tertiary/aromatic N) is 2. The first kappa shape index (κ1) is 11.4. The Morgan fingerprint density at radius 1 is 1.69 bits per heavy atom. The summed E-state index contributed by atoms with van der Waals surface area (Å²) < 4.78 is 0. The molecule has 2 rings (SSSR count). The van der Waals surface area contributed by atoms with E-state index in [1.165, 1.54) is 0 Å². The van der Waals surface area contributed by atoms with Gasteiger partial charge in [0, 0.05) is 24.5 Å². The number of carbonyl (C=O) groups is 1. The molecule has 5 heteroatoms. The smallest absolute Gasteiger partial charge is 0.227 e. The summed E-state index contributed by atoms with van der Waals surface area (Å²) in [5, 5.41) is 0.842. The van der Waals surface area contributed by atoms with Gasteiger partial charge in [-0.3, -0.25) is 4.79 Å². The number of aromatic nitrogens is 1. The summed E-state index contributed by atoms with van der Waals surface area (Å²) >= 11 is 3.42. The van der Waals surface area contributed by atoms with Crippen molar-refractivity contribution in [1.29, 1.82) is 0 Å². The van der Waals surface area contributed by atoms with Gasteiger partial charge in [-0.15, -0.1) is 0 Å². The Balaban J connectivity index is 2.35. The van der Waals surface area contributed by atoms with Crippen LogP contribution in [-0.2, 0) is 4.79 Å². The third-order valence-electron chi connectivity index (χ3n) is 2.85. The summed E-state index contributed by atoms with van der Waals surface area (Å²) in [7, 11) is 0. The van der Waals surface area contributed by atoms with Gasteiger partial charge in [-0.1, -0.05) is 15.9 Å². The number of aryl methyl sites for hydroxylation is 1. The zero-order valence-electron chi connectivity index (χ0n) is 9.11. The van der Waals surface area contributed by atoms with Crippen LogP contribution in [0.5, 0.6) is 0 Å². The maximum Gasteiger partial charge on any atom is 0.227 e. The molecular weight excluding hydrogens is 270 g/mol. The predicted octanol–water partition coefficient (Wildman–Crippen LogP) is 1.72. The molecule has 1 amide bonds. The maximum absolute atomic E-state index is 11.9. The van der Waals surface area contributed by atoms with Crippen LogP contribution in [0.2, 0.25) is 0 Å². The predicted molar refractivity (Wildman–Crippen MR) is 67.6 cm³/mol. The SMILES string of the molecule is Cc1ccnc(N)c1N1CC(CBr)CC1=O. The normalized spacial score (nSPS) is 20.5. The fourth-order valence-electron chi connectivity index (χ4n) is 2.02. The van der Waals surface area contributed by atoms with Gasteiger partial charge >= 0.3 is 0 Å².